The van der Waals surface area contributed by atoms with E-state index < -0.39 is 22.6 Å². The second-order valence-electron chi connectivity index (χ2n) is 9.71. The molecule has 212 valence electrons. The minimum absolute atomic E-state index is 0.0797. The molecule has 0 atom stereocenters. The Kier molecular flexibility index (Phi) is 8.70. The fourth-order valence-corrected chi connectivity index (χ4v) is 6.84. The van der Waals surface area contributed by atoms with Crippen molar-refractivity contribution in [3.05, 3.63) is 82.5 Å². The Hall–Kier alpha value is -4.02. The third-order valence-corrected chi connectivity index (χ3v) is 8.90. The number of hydrogen-bond acceptors (Lipinski definition) is 6. The Labute approximate surface area is 234 Å². The molecule has 0 bridgehead atoms. The van der Waals surface area contributed by atoms with Gasteiger partial charge in [0.15, 0.2) is 18.1 Å². The van der Waals surface area contributed by atoms with E-state index in [1.807, 2.05) is 57.3 Å². The number of H-pyrrole nitrogens is 1. The Bertz CT molecular complexity index is 1620. The number of aromatic nitrogens is 1. The van der Waals surface area contributed by atoms with Gasteiger partial charge in [-0.2, -0.15) is 4.31 Å². The van der Waals surface area contributed by atoms with Crippen LogP contribution < -0.4 is 14.2 Å². The number of aryl methyl sites for hydroxylation is 3. The molecule has 0 amide bonds. The molecule has 10 heteroatoms. The number of carbonyl (C=O) groups is 1. The molecule has 9 nitrogen and oxygen atoms in total. The molecule has 0 fully saturated rings. The van der Waals surface area contributed by atoms with Gasteiger partial charge >= 0.3 is 5.97 Å². The van der Waals surface area contributed by atoms with E-state index in [4.69, 9.17) is 19.3 Å². The number of carboxylic acid groups (broad SMARTS) is 1. The van der Waals surface area contributed by atoms with E-state index in [1.54, 1.807) is 25.3 Å². The molecule has 4 rings (SSSR count). The number of rotatable bonds is 12. The van der Waals surface area contributed by atoms with Crippen LogP contribution in [0.4, 0.5) is 0 Å². The first kappa shape index (κ1) is 29.0. The highest BCUT2D eigenvalue weighted by molar-refractivity contribution is 7.89. The Morgan fingerprint density at radius 2 is 1.68 bits per heavy atom. The number of ether oxygens (including phenoxy) is 3. The lowest BCUT2D eigenvalue weighted by molar-refractivity contribution is -0.139. The van der Waals surface area contributed by atoms with Gasteiger partial charge < -0.3 is 24.3 Å². The molecule has 1 heterocycles. The Morgan fingerprint density at radius 3 is 2.33 bits per heavy atom. The van der Waals surface area contributed by atoms with Crippen molar-refractivity contribution in [2.45, 2.75) is 38.6 Å². The van der Waals surface area contributed by atoms with Crippen LogP contribution >= 0.6 is 0 Å². The van der Waals surface area contributed by atoms with Gasteiger partial charge in [-0.3, -0.25) is 0 Å². The smallest absolute Gasteiger partial charge is 0.341 e. The molecule has 4 aromatic rings. The average molecular weight is 567 g/mol. The fraction of sp³-hybridized carbons (Fsp3) is 0.300. The van der Waals surface area contributed by atoms with Crippen LogP contribution in [0.3, 0.4) is 0 Å². The standard InChI is InChI=1S/C30H34N2O7S/c1-19-12-20(2)30(21(3)13-19)40(35,36)32(11-10-23-16-31-26-8-7-24(37-4)15-25(23)26)17-22-6-9-27(28(14-22)38-5)39-18-29(33)34/h6-9,12-16,31H,10-11,17-18H2,1-5H3,(H,33,34). The predicted octanol–water partition coefficient (Wildman–Crippen LogP) is 5.01. The zero-order valence-corrected chi connectivity index (χ0v) is 24.1. The number of methoxy groups -OCH3 is 2. The van der Waals surface area contributed by atoms with Gasteiger partial charge in [0.1, 0.15) is 5.75 Å². The lowest BCUT2D eigenvalue weighted by Crippen LogP contribution is -2.33. The number of fused-ring (bicyclic) bond motifs is 1. The molecule has 2 N–H and O–H groups in total. The number of hydrogen-bond donors (Lipinski definition) is 2. The first-order valence-electron chi connectivity index (χ1n) is 12.8. The van der Waals surface area contributed by atoms with Crippen LogP contribution in [0.2, 0.25) is 0 Å². The first-order chi connectivity index (χ1) is 19.0. The molecule has 40 heavy (non-hydrogen) atoms. The van der Waals surface area contributed by atoms with E-state index >= 15 is 0 Å². The van der Waals surface area contributed by atoms with Crippen LogP contribution in [0.5, 0.6) is 17.2 Å². The number of nitrogens with zero attached hydrogens (tertiary/aromatic N) is 1. The molecule has 0 aliphatic heterocycles. The van der Waals surface area contributed by atoms with Crippen molar-refractivity contribution < 1.29 is 32.5 Å². The zero-order chi connectivity index (χ0) is 29.0. The van der Waals surface area contributed by atoms with Crippen LogP contribution in [0.15, 0.2) is 59.6 Å². The van der Waals surface area contributed by atoms with E-state index in [1.165, 1.54) is 11.4 Å². The number of benzene rings is 3. The largest absolute Gasteiger partial charge is 0.497 e. The summed E-state index contributed by atoms with van der Waals surface area (Å²) in [6.45, 7) is 5.36. The van der Waals surface area contributed by atoms with E-state index in [9.17, 15) is 13.2 Å². The van der Waals surface area contributed by atoms with Crippen molar-refractivity contribution in [3.8, 4) is 17.2 Å². The summed E-state index contributed by atoms with van der Waals surface area (Å²) in [5, 5.41) is 9.93. The number of aromatic amines is 1. The minimum atomic E-state index is -3.90. The van der Waals surface area contributed by atoms with Gasteiger partial charge in [-0.1, -0.05) is 23.8 Å². The summed E-state index contributed by atoms with van der Waals surface area (Å²) in [5.74, 6) is 0.201. The Morgan fingerprint density at radius 1 is 0.950 bits per heavy atom. The number of aliphatic carboxylic acids is 1. The van der Waals surface area contributed by atoms with Gasteiger partial charge in [0.05, 0.1) is 19.1 Å². The minimum Gasteiger partial charge on any atom is -0.497 e. The predicted molar refractivity (Wildman–Crippen MR) is 153 cm³/mol. The average Bonchev–Trinajstić information content (AvgIpc) is 3.31. The van der Waals surface area contributed by atoms with E-state index in [-0.39, 0.29) is 18.8 Å². The van der Waals surface area contributed by atoms with E-state index in [0.29, 0.717) is 33.8 Å². The van der Waals surface area contributed by atoms with Crippen molar-refractivity contribution in [1.29, 1.82) is 0 Å². The van der Waals surface area contributed by atoms with Gasteiger partial charge in [-0.05, 0) is 79.8 Å². The second kappa shape index (κ2) is 12.0. The monoisotopic (exact) mass is 566 g/mol. The maximum atomic E-state index is 14.2. The third kappa shape index (κ3) is 6.24. The highest BCUT2D eigenvalue weighted by Gasteiger charge is 2.29. The topological polar surface area (TPSA) is 118 Å². The molecule has 0 aliphatic rings. The summed E-state index contributed by atoms with van der Waals surface area (Å²) in [6.07, 6.45) is 2.36. The second-order valence-corrected chi connectivity index (χ2v) is 11.6. The first-order valence-corrected chi connectivity index (χ1v) is 14.2. The molecule has 0 unspecified atom stereocenters. The molecular formula is C30H34N2O7S. The third-order valence-electron chi connectivity index (χ3n) is 6.75. The summed E-state index contributed by atoms with van der Waals surface area (Å²) in [4.78, 5) is 14.5. The van der Waals surface area contributed by atoms with E-state index in [0.717, 1.165) is 27.8 Å². The zero-order valence-electron chi connectivity index (χ0n) is 23.3. The quantitative estimate of drug-likeness (QED) is 0.248. The molecule has 0 aliphatic carbocycles. The van der Waals surface area contributed by atoms with Crippen molar-refractivity contribution in [3.63, 3.8) is 0 Å². The Balaban J connectivity index is 1.71. The highest BCUT2D eigenvalue weighted by Crippen LogP contribution is 2.32. The molecule has 0 radical (unpaired) electrons. The van der Waals surface area contributed by atoms with Crippen molar-refractivity contribution in [2.75, 3.05) is 27.4 Å². The van der Waals surface area contributed by atoms with Crippen LogP contribution in [0, 0.1) is 20.8 Å². The van der Waals surface area contributed by atoms with Gasteiger partial charge in [0.2, 0.25) is 10.0 Å². The number of carboxylic acids is 1. The SMILES string of the molecule is COc1ccc2[nH]cc(CCN(Cc3ccc(OCC(=O)O)c(OC)c3)S(=O)(=O)c3c(C)cc(C)cc3C)c2c1. The fourth-order valence-electron chi connectivity index (χ4n) is 5.00. The molecular weight excluding hydrogens is 532 g/mol. The summed E-state index contributed by atoms with van der Waals surface area (Å²) in [7, 11) is -0.838. The molecule has 3 aromatic carbocycles. The molecule has 1 aromatic heterocycles. The number of nitrogens with one attached hydrogen (secondary N) is 1. The summed E-state index contributed by atoms with van der Waals surface area (Å²) in [5.41, 5.74) is 4.96. The summed E-state index contributed by atoms with van der Waals surface area (Å²) in [6, 6.07) is 14.5. The van der Waals surface area contributed by atoms with Gasteiger partial charge in [0.25, 0.3) is 0 Å². The lowest BCUT2D eigenvalue weighted by atomic mass is 10.1. The summed E-state index contributed by atoms with van der Waals surface area (Å²) < 4.78 is 46.0. The van der Waals surface area contributed by atoms with Crippen LogP contribution in [0.25, 0.3) is 10.9 Å². The van der Waals surface area contributed by atoms with Crippen molar-refractivity contribution in [2.24, 2.45) is 0 Å². The highest BCUT2D eigenvalue weighted by atomic mass is 32.2. The van der Waals surface area contributed by atoms with Gasteiger partial charge in [0, 0.05) is 30.2 Å². The summed E-state index contributed by atoms with van der Waals surface area (Å²) >= 11 is 0. The molecule has 0 saturated heterocycles. The van der Waals surface area contributed by atoms with Crippen LogP contribution in [0.1, 0.15) is 27.8 Å². The van der Waals surface area contributed by atoms with Crippen molar-refractivity contribution in [1.82, 2.24) is 9.29 Å². The normalized spacial score (nSPS) is 11.7. The van der Waals surface area contributed by atoms with Gasteiger partial charge in [-0.25, -0.2) is 13.2 Å². The lowest BCUT2D eigenvalue weighted by Gasteiger charge is -2.25. The molecule has 0 spiro atoms. The van der Waals surface area contributed by atoms with Crippen molar-refractivity contribution >= 4 is 26.9 Å². The van der Waals surface area contributed by atoms with E-state index in [2.05, 4.69) is 4.98 Å². The molecule has 0 saturated carbocycles. The van der Waals surface area contributed by atoms with Crippen LogP contribution in [-0.2, 0) is 27.8 Å². The van der Waals surface area contributed by atoms with Gasteiger partial charge in [-0.15, -0.1) is 0 Å². The maximum absolute atomic E-state index is 14.2. The number of sulfonamides is 1. The van der Waals surface area contributed by atoms with Crippen LogP contribution in [-0.4, -0.2) is 56.2 Å². The maximum Gasteiger partial charge on any atom is 0.341 e.